The average molecular weight is 383 g/mol. The first-order chi connectivity index (χ1) is 13.7. The number of para-hydroxylation sites is 1. The van der Waals surface area contributed by atoms with Crippen molar-refractivity contribution in [3.05, 3.63) is 48.0 Å². The molecule has 4 rings (SSSR count). The van der Waals surface area contributed by atoms with Gasteiger partial charge in [-0.3, -0.25) is 4.90 Å². The van der Waals surface area contributed by atoms with Gasteiger partial charge in [-0.1, -0.05) is 44.2 Å². The summed E-state index contributed by atoms with van der Waals surface area (Å²) < 4.78 is 14.2. The van der Waals surface area contributed by atoms with E-state index in [9.17, 15) is 4.39 Å². The number of hydrogen-bond donors (Lipinski definition) is 0. The summed E-state index contributed by atoms with van der Waals surface area (Å²) in [5.74, 6) is 1.21. The molecule has 0 N–H and O–H groups in total. The highest BCUT2D eigenvalue weighted by molar-refractivity contribution is 5.56. The normalized spacial score (nSPS) is 21.1. The van der Waals surface area contributed by atoms with E-state index < -0.39 is 0 Å². The second-order valence-electron chi connectivity index (χ2n) is 8.28. The number of nitrogens with zero attached hydrogens (tertiary/aromatic N) is 4. The van der Waals surface area contributed by atoms with Crippen LogP contribution < -0.4 is 4.90 Å². The van der Waals surface area contributed by atoms with Crippen molar-refractivity contribution in [2.45, 2.75) is 57.4 Å². The lowest BCUT2D eigenvalue weighted by Crippen LogP contribution is -2.27. The minimum absolute atomic E-state index is 0.256. The lowest BCUT2D eigenvalue weighted by Gasteiger charge is -2.28. The number of rotatable bonds is 6. The maximum absolute atomic E-state index is 14.2. The van der Waals surface area contributed by atoms with Gasteiger partial charge in [0.2, 0.25) is 5.95 Å². The first-order valence-corrected chi connectivity index (χ1v) is 10.8. The van der Waals surface area contributed by atoms with Gasteiger partial charge >= 0.3 is 0 Å². The highest BCUT2D eigenvalue weighted by Crippen LogP contribution is 2.34. The molecule has 2 aliphatic rings. The molecule has 0 radical (unpaired) electrons. The molecule has 2 aromatic rings. The molecule has 5 heteroatoms. The summed E-state index contributed by atoms with van der Waals surface area (Å²) in [5.41, 5.74) is 1.56. The fourth-order valence-corrected chi connectivity index (χ4v) is 4.79. The van der Waals surface area contributed by atoms with Crippen LogP contribution in [0.5, 0.6) is 0 Å². The lowest BCUT2D eigenvalue weighted by atomic mass is 9.87. The van der Waals surface area contributed by atoms with E-state index in [0.717, 1.165) is 31.1 Å². The van der Waals surface area contributed by atoms with Crippen molar-refractivity contribution in [3.63, 3.8) is 0 Å². The molecule has 0 bridgehead atoms. The molecule has 150 valence electrons. The monoisotopic (exact) mass is 382 g/mol. The lowest BCUT2D eigenvalue weighted by molar-refractivity contribution is 0.216. The van der Waals surface area contributed by atoms with Gasteiger partial charge in [-0.05, 0) is 56.5 Å². The van der Waals surface area contributed by atoms with Crippen LogP contribution in [0.1, 0.15) is 63.1 Å². The number of halogens is 1. The van der Waals surface area contributed by atoms with Crippen molar-refractivity contribution in [1.82, 2.24) is 14.9 Å². The van der Waals surface area contributed by atoms with Crippen LogP contribution in [-0.4, -0.2) is 35.0 Å². The number of anilines is 2. The number of hydrogen-bond acceptors (Lipinski definition) is 4. The van der Waals surface area contributed by atoms with Crippen LogP contribution >= 0.6 is 0 Å². The Kier molecular flexibility index (Phi) is 6.20. The molecule has 0 amide bonds. The third-order valence-electron chi connectivity index (χ3n) is 6.43. The van der Waals surface area contributed by atoms with Crippen LogP contribution in [0.15, 0.2) is 36.5 Å². The molecule has 2 fully saturated rings. The summed E-state index contributed by atoms with van der Waals surface area (Å²) in [6, 6.07) is 9.16. The quantitative estimate of drug-likeness (QED) is 0.661. The van der Waals surface area contributed by atoms with Gasteiger partial charge in [-0.25, -0.2) is 14.4 Å². The fourth-order valence-electron chi connectivity index (χ4n) is 4.79. The Morgan fingerprint density at radius 2 is 1.89 bits per heavy atom. The van der Waals surface area contributed by atoms with E-state index in [1.165, 1.54) is 51.0 Å². The van der Waals surface area contributed by atoms with E-state index in [4.69, 9.17) is 4.98 Å². The van der Waals surface area contributed by atoms with Crippen molar-refractivity contribution in [2.75, 3.05) is 25.0 Å². The second-order valence-corrected chi connectivity index (χ2v) is 8.28. The predicted octanol–water partition coefficient (Wildman–Crippen LogP) is 5.49. The van der Waals surface area contributed by atoms with Crippen LogP contribution in [0.25, 0.3) is 0 Å². The summed E-state index contributed by atoms with van der Waals surface area (Å²) in [4.78, 5) is 13.6. The zero-order valence-corrected chi connectivity index (χ0v) is 16.9. The van der Waals surface area contributed by atoms with Crippen LogP contribution in [-0.2, 0) is 0 Å². The van der Waals surface area contributed by atoms with E-state index in [1.54, 1.807) is 17.0 Å². The van der Waals surface area contributed by atoms with Gasteiger partial charge in [-0.2, -0.15) is 0 Å². The summed E-state index contributed by atoms with van der Waals surface area (Å²) >= 11 is 0. The van der Waals surface area contributed by atoms with Crippen LogP contribution in [0.2, 0.25) is 0 Å². The molecule has 1 atom stereocenters. The maximum Gasteiger partial charge on any atom is 0.229 e. The molecule has 0 spiro atoms. The Hall–Kier alpha value is -2.01. The van der Waals surface area contributed by atoms with E-state index in [2.05, 4.69) is 9.88 Å². The molecule has 4 nitrogen and oxygen atoms in total. The molecule has 1 aromatic carbocycles. The Balaban J connectivity index is 1.46. The minimum atomic E-state index is -0.256. The van der Waals surface area contributed by atoms with Gasteiger partial charge in [0.05, 0.1) is 17.4 Å². The summed E-state index contributed by atoms with van der Waals surface area (Å²) in [6.07, 6.45) is 12.5. The molecular formula is C23H31FN4. The Morgan fingerprint density at radius 1 is 1.07 bits per heavy atom. The Labute approximate surface area is 167 Å². The van der Waals surface area contributed by atoms with Gasteiger partial charge in [-0.15, -0.1) is 0 Å². The molecule has 1 aliphatic carbocycles. The van der Waals surface area contributed by atoms with Crippen LogP contribution in [0.4, 0.5) is 16.0 Å². The smallest absolute Gasteiger partial charge is 0.229 e. The van der Waals surface area contributed by atoms with Crippen molar-refractivity contribution < 1.29 is 4.39 Å². The molecule has 28 heavy (non-hydrogen) atoms. The molecular weight excluding hydrogens is 351 g/mol. The zero-order chi connectivity index (χ0) is 19.3. The highest BCUT2D eigenvalue weighted by atomic mass is 19.1. The van der Waals surface area contributed by atoms with Crippen molar-refractivity contribution in [3.8, 4) is 0 Å². The summed E-state index contributed by atoms with van der Waals surface area (Å²) in [7, 11) is 1.83. The molecule has 1 saturated heterocycles. The SMILES string of the molecule is CN(c1nccc([C@@H]2CCCN2CCC2CCCCC2)n1)c1ccccc1F. The molecule has 0 unspecified atom stereocenters. The van der Waals surface area contributed by atoms with E-state index in [0.29, 0.717) is 17.7 Å². The van der Waals surface area contributed by atoms with E-state index in [1.807, 2.05) is 25.4 Å². The second kappa shape index (κ2) is 8.99. The molecule has 1 saturated carbocycles. The van der Waals surface area contributed by atoms with Crippen molar-refractivity contribution in [1.29, 1.82) is 0 Å². The largest absolute Gasteiger partial charge is 0.311 e. The maximum atomic E-state index is 14.2. The van der Waals surface area contributed by atoms with Crippen LogP contribution in [0.3, 0.4) is 0 Å². The number of benzene rings is 1. The summed E-state index contributed by atoms with van der Waals surface area (Å²) in [6.45, 7) is 2.32. The van der Waals surface area contributed by atoms with Gasteiger partial charge in [0, 0.05) is 13.2 Å². The predicted molar refractivity (Wildman–Crippen MR) is 111 cm³/mol. The number of aromatic nitrogens is 2. The topological polar surface area (TPSA) is 32.3 Å². The Bertz CT molecular complexity index is 775. The first-order valence-electron chi connectivity index (χ1n) is 10.8. The highest BCUT2D eigenvalue weighted by Gasteiger charge is 2.28. The van der Waals surface area contributed by atoms with Gasteiger partial charge in [0.15, 0.2) is 0 Å². The third kappa shape index (κ3) is 4.35. The zero-order valence-electron chi connectivity index (χ0n) is 16.9. The first kappa shape index (κ1) is 19.3. The number of likely N-dealkylation sites (tertiary alicyclic amines) is 1. The van der Waals surface area contributed by atoms with Crippen molar-refractivity contribution >= 4 is 11.6 Å². The molecule has 1 aliphatic heterocycles. The average Bonchev–Trinajstić information content (AvgIpc) is 3.22. The molecule has 1 aromatic heterocycles. The van der Waals surface area contributed by atoms with Crippen molar-refractivity contribution in [2.24, 2.45) is 5.92 Å². The van der Waals surface area contributed by atoms with Gasteiger partial charge < -0.3 is 4.90 Å². The van der Waals surface area contributed by atoms with E-state index >= 15 is 0 Å². The van der Waals surface area contributed by atoms with E-state index in [-0.39, 0.29) is 5.82 Å². The minimum Gasteiger partial charge on any atom is -0.311 e. The summed E-state index contributed by atoms with van der Waals surface area (Å²) in [5, 5.41) is 0. The molecule has 2 heterocycles. The van der Waals surface area contributed by atoms with Gasteiger partial charge in [0.25, 0.3) is 0 Å². The van der Waals surface area contributed by atoms with Crippen LogP contribution in [0, 0.1) is 11.7 Å². The third-order valence-corrected chi connectivity index (χ3v) is 6.43. The Morgan fingerprint density at radius 3 is 2.71 bits per heavy atom. The standard InChI is InChI=1S/C23H31FN4/c1-27(21-11-6-5-10-19(21)24)23-25-15-13-20(26-23)22-12-7-16-28(22)17-14-18-8-3-2-4-9-18/h5-6,10-11,13,15,18,22H,2-4,7-9,12,14,16-17H2,1H3/t22-/m0/s1. The fraction of sp³-hybridized carbons (Fsp3) is 0.565. The van der Waals surface area contributed by atoms with Gasteiger partial charge in [0.1, 0.15) is 5.82 Å².